The highest BCUT2D eigenvalue weighted by Gasteiger charge is 2.57. The fourth-order valence-corrected chi connectivity index (χ4v) is 9.64. The van der Waals surface area contributed by atoms with Gasteiger partial charge >= 0.3 is 12.1 Å². The molecule has 1 aromatic carbocycles. The molecule has 270 valence electrons. The fourth-order valence-electron chi connectivity index (χ4n) is 9.64. The second-order valence-electron chi connectivity index (χ2n) is 15.4. The Labute approximate surface area is 288 Å². The number of ether oxygens (including phenoxy) is 3. The predicted octanol–water partition coefficient (Wildman–Crippen LogP) is 4.95. The van der Waals surface area contributed by atoms with Crippen LogP contribution in [0.5, 0.6) is 5.75 Å². The summed E-state index contributed by atoms with van der Waals surface area (Å²) in [6, 6.07) is 6.23. The number of alkyl halides is 3. The number of hydrogen-bond acceptors (Lipinski definition) is 9. The molecule has 2 N–H and O–H groups in total. The minimum absolute atomic E-state index is 0.0669. The second-order valence-corrected chi connectivity index (χ2v) is 15.4. The molecule has 4 aliphatic heterocycles. The van der Waals surface area contributed by atoms with E-state index in [1.54, 1.807) is 4.90 Å². The van der Waals surface area contributed by atoms with Crippen LogP contribution in [0.25, 0.3) is 0 Å². The molecule has 5 fully saturated rings. The molecule has 4 atom stereocenters. The average molecular weight is 700 g/mol. The van der Waals surface area contributed by atoms with Gasteiger partial charge in [0.25, 0.3) is 5.91 Å². The summed E-state index contributed by atoms with van der Waals surface area (Å²) in [4.78, 5) is 38.7. The topological polar surface area (TPSA) is 126 Å². The summed E-state index contributed by atoms with van der Waals surface area (Å²) < 4.78 is 61.5. The van der Waals surface area contributed by atoms with Crippen LogP contribution in [0.15, 0.2) is 24.4 Å². The predicted molar refractivity (Wildman–Crippen MR) is 174 cm³/mol. The lowest BCUT2D eigenvalue weighted by atomic mass is 9.76. The summed E-state index contributed by atoms with van der Waals surface area (Å²) in [5, 5.41) is 12.8. The second kappa shape index (κ2) is 12.6. The van der Waals surface area contributed by atoms with Crippen LogP contribution < -0.4 is 15.0 Å². The number of carbonyl (C=O) groups is 2. The minimum atomic E-state index is -4.99. The molecule has 2 saturated carbocycles. The number of halogens is 3. The van der Waals surface area contributed by atoms with Gasteiger partial charge in [-0.15, -0.1) is 0 Å². The lowest BCUT2D eigenvalue weighted by molar-refractivity contribution is -0.146. The van der Waals surface area contributed by atoms with Gasteiger partial charge in [-0.05, 0) is 92.9 Å². The van der Waals surface area contributed by atoms with Crippen molar-refractivity contribution in [2.45, 2.75) is 87.6 Å². The van der Waals surface area contributed by atoms with E-state index in [0.717, 1.165) is 63.1 Å². The van der Waals surface area contributed by atoms with Crippen LogP contribution in [0.4, 0.5) is 24.8 Å². The Morgan fingerprint density at radius 2 is 1.84 bits per heavy atom. The smallest absolute Gasteiger partial charge is 0.434 e. The van der Waals surface area contributed by atoms with Gasteiger partial charge in [0.05, 0.1) is 24.8 Å². The van der Waals surface area contributed by atoms with Crippen molar-refractivity contribution in [3.05, 3.63) is 41.2 Å². The highest BCUT2D eigenvalue weighted by atomic mass is 19.4. The minimum Gasteiger partial charge on any atom is -0.490 e. The molecule has 1 aromatic heterocycles. The van der Waals surface area contributed by atoms with Gasteiger partial charge in [-0.3, -0.25) is 9.69 Å². The van der Waals surface area contributed by atoms with Crippen LogP contribution in [0.3, 0.4) is 0 Å². The quantitative estimate of drug-likeness (QED) is 0.410. The average Bonchev–Trinajstić information content (AvgIpc) is 3.50. The van der Waals surface area contributed by atoms with Gasteiger partial charge in [0, 0.05) is 50.1 Å². The molecule has 3 saturated heterocycles. The molecule has 2 bridgehead atoms. The molecule has 4 unspecified atom stereocenters. The van der Waals surface area contributed by atoms with E-state index in [1.165, 1.54) is 0 Å². The number of nitrogens with zero attached hydrogens (tertiary/aromatic N) is 4. The van der Waals surface area contributed by atoms with Crippen LogP contribution in [0.2, 0.25) is 0 Å². The van der Waals surface area contributed by atoms with Crippen molar-refractivity contribution >= 4 is 23.5 Å². The maximum absolute atomic E-state index is 14.7. The van der Waals surface area contributed by atoms with Crippen molar-refractivity contribution in [3.8, 4) is 5.75 Å². The van der Waals surface area contributed by atoms with Gasteiger partial charge in [0.2, 0.25) is 5.95 Å². The van der Waals surface area contributed by atoms with E-state index >= 15 is 0 Å². The van der Waals surface area contributed by atoms with Crippen molar-refractivity contribution in [2.24, 2.45) is 17.8 Å². The molecule has 8 rings (SSSR count). The van der Waals surface area contributed by atoms with Crippen LogP contribution in [0, 0.1) is 17.8 Å². The van der Waals surface area contributed by atoms with Crippen molar-refractivity contribution in [1.82, 2.24) is 20.2 Å². The zero-order valence-electron chi connectivity index (χ0n) is 28.2. The third-order valence-corrected chi connectivity index (χ3v) is 12.3. The number of nitrogens with one attached hydrogen (secondary N) is 1. The summed E-state index contributed by atoms with van der Waals surface area (Å²) in [6.07, 6.45) is 1.38. The Morgan fingerprint density at radius 3 is 2.52 bits per heavy atom. The molecular weight excluding hydrogens is 655 g/mol. The molecule has 0 radical (unpaired) electrons. The largest absolute Gasteiger partial charge is 0.490 e. The fraction of sp³-hybridized carbons (Fsp3) is 0.667. The van der Waals surface area contributed by atoms with Crippen LogP contribution >= 0.6 is 0 Å². The molecule has 6 aliphatic rings. The molecular formula is C36H44F3N5O6. The lowest BCUT2D eigenvalue weighted by Gasteiger charge is -2.41. The van der Waals surface area contributed by atoms with Gasteiger partial charge in [-0.25, -0.2) is 14.8 Å². The SMILES string of the molecule is CC1CC2CC(C1)C(NC(=O)c1cnc(N3CC4(CCOCC4)c4cc(OC5CCN(C6COC6)CC5)ccc43)nc1C(F)(F)F)(C(=O)O)C2. The number of aliphatic carboxylic acids is 1. The van der Waals surface area contributed by atoms with Crippen molar-refractivity contribution in [1.29, 1.82) is 0 Å². The number of benzene rings is 1. The first-order chi connectivity index (χ1) is 23.9. The first-order valence-electron chi connectivity index (χ1n) is 17.9. The molecule has 11 nitrogen and oxygen atoms in total. The summed E-state index contributed by atoms with van der Waals surface area (Å²) >= 11 is 0. The number of aromatic nitrogens is 2. The van der Waals surface area contributed by atoms with E-state index in [4.69, 9.17) is 14.2 Å². The van der Waals surface area contributed by atoms with Gasteiger partial charge < -0.3 is 29.5 Å². The summed E-state index contributed by atoms with van der Waals surface area (Å²) in [5.74, 6) is -1.76. The molecule has 2 aliphatic carbocycles. The third-order valence-electron chi connectivity index (χ3n) is 12.3. The first kappa shape index (κ1) is 33.6. The Bertz CT molecular complexity index is 1640. The normalized spacial score (nSPS) is 29.8. The molecule has 1 spiro atoms. The van der Waals surface area contributed by atoms with Crippen molar-refractivity contribution in [3.63, 3.8) is 0 Å². The van der Waals surface area contributed by atoms with E-state index in [9.17, 15) is 27.9 Å². The number of fused-ring (bicyclic) bond motifs is 4. The van der Waals surface area contributed by atoms with Crippen LogP contribution in [-0.2, 0) is 25.9 Å². The highest BCUT2D eigenvalue weighted by Crippen LogP contribution is 2.52. The number of amides is 1. The Morgan fingerprint density at radius 1 is 1.08 bits per heavy atom. The highest BCUT2D eigenvalue weighted by molar-refractivity contribution is 5.99. The number of carboxylic acids is 1. The lowest BCUT2D eigenvalue weighted by Crippen LogP contribution is -2.57. The zero-order valence-corrected chi connectivity index (χ0v) is 28.2. The van der Waals surface area contributed by atoms with E-state index < -0.39 is 40.3 Å². The van der Waals surface area contributed by atoms with E-state index in [0.29, 0.717) is 57.2 Å². The molecule has 50 heavy (non-hydrogen) atoms. The third kappa shape index (κ3) is 5.90. The number of piperidine rings is 1. The van der Waals surface area contributed by atoms with Gasteiger partial charge in [-0.1, -0.05) is 6.92 Å². The maximum Gasteiger partial charge on any atom is 0.434 e. The van der Waals surface area contributed by atoms with Crippen molar-refractivity contribution < 1.29 is 42.1 Å². The molecule has 14 heteroatoms. The number of anilines is 2. The standard InChI is InChI=1S/C36H44F3N5O6/c1-21-12-22-14-23(13-21)35(16-22,32(46)47)42-31(45)27-17-40-33(41-30(27)36(37,38)39)44-20-34(6-10-48-11-7-34)28-15-26(2-3-29(28)44)50-25-4-8-43(9-5-25)24-18-49-19-24/h2-3,15,17,21-25H,4-14,16,18-20H2,1H3,(H,42,45)(H,46,47). The van der Waals surface area contributed by atoms with Gasteiger partial charge in [0.1, 0.15) is 17.4 Å². The zero-order chi connectivity index (χ0) is 34.8. The van der Waals surface area contributed by atoms with Crippen LogP contribution in [-0.4, -0.2) is 95.6 Å². The van der Waals surface area contributed by atoms with Crippen molar-refractivity contribution in [2.75, 3.05) is 51.0 Å². The Balaban J connectivity index is 1.07. The molecule has 2 aromatic rings. The summed E-state index contributed by atoms with van der Waals surface area (Å²) in [5.41, 5.74) is -2.53. The Kier molecular flexibility index (Phi) is 8.49. The van der Waals surface area contributed by atoms with E-state index in [-0.39, 0.29) is 36.2 Å². The van der Waals surface area contributed by atoms with E-state index in [1.807, 2.05) is 25.1 Å². The monoisotopic (exact) mass is 699 g/mol. The number of carboxylic acid groups (broad SMARTS) is 1. The number of carbonyl (C=O) groups excluding carboxylic acids is 1. The maximum atomic E-state index is 14.7. The number of likely N-dealkylation sites (tertiary alicyclic amines) is 1. The Hall–Kier alpha value is -3.49. The first-order valence-corrected chi connectivity index (χ1v) is 17.9. The summed E-state index contributed by atoms with van der Waals surface area (Å²) in [7, 11) is 0. The van der Waals surface area contributed by atoms with Gasteiger partial charge in [-0.2, -0.15) is 13.2 Å². The molecule has 1 amide bonds. The summed E-state index contributed by atoms with van der Waals surface area (Å²) in [6.45, 7) is 6.89. The molecule has 5 heterocycles. The van der Waals surface area contributed by atoms with Gasteiger partial charge in [0.15, 0.2) is 5.69 Å². The number of hydrogen-bond donors (Lipinski definition) is 2. The van der Waals surface area contributed by atoms with E-state index in [2.05, 4.69) is 20.2 Å². The number of rotatable bonds is 7. The van der Waals surface area contributed by atoms with Crippen LogP contribution in [0.1, 0.15) is 79.9 Å².